The van der Waals surface area contributed by atoms with Crippen LogP contribution in [0.25, 0.3) is 11.0 Å². The highest BCUT2D eigenvalue weighted by Crippen LogP contribution is 2.21. The van der Waals surface area contributed by atoms with E-state index in [1.54, 1.807) is 22.6 Å². The van der Waals surface area contributed by atoms with Gasteiger partial charge in [0.25, 0.3) is 0 Å². The molecule has 1 amide bonds. The molecule has 2 aromatic heterocycles. The molecule has 0 aliphatic heterocycles. The lowest BCUT2D eigenvalue weighted by atomic mass is 10.2. The number of nitrogens with zero attached hydrogens (tertiary/aromatic N) is 3. The minimum atomic E-state index is 0.124. The zero-order valence-electron chi connectivity index (χ0n) is 12.1. The molecule has 2 heterocycles. The van der Waals surface area contributed by atoms with Gasteiger partial charge in [-0.1, -0.05) is 6.07 Å². The number of rotatable bonds is 4. The van der Waals surface area contributed by atoms with Gasteiger partial charge in [0.1, 0.15) is 0 Å². The fourth-order valence-corrected chi connectivity index (χ4v) is 3.04. The van der Waals surface area contributed by atoms with E-state index in [0.29, 0.717) is 6.42 Å². The minimum Gasteiger partial charge on any atom is -0.334 e. The van der Waals surface area contributed by atoms with Gasteiger partial charge >= 0.3 is 0 Å². The summed E-state index contributed by atoms with van der Waals surface area (Å²) in [5, 5.41) is 2.04. The number of aryl methyl sites for hydroxylation is 2. The second-order valence-electron chi connectivity index (χ2n) is 5.06. The van der Waals surface area contributed by atoms with Crippen LogP contribution in [0.3, 0.4) is 0 Å². The number of carbonyl (C=O) groups excluding carboxylic acids is 1. The maximum absolute atomic E-state index is 12.3. The van der Waals surface area contributed by atoms with E-state index in [1.165, 1.54) is 4.88 Å². The topological polar surface area (TPSA) is 38.1 Å². The zero-order chi connectivity index (χ0) is 14.8. The molecule has 0 bridgehead atoms. The van der Waals surface area contributed by atoms with E-state index in [9.17, 15) is 4.79 Å². The number of hydrogen-bond acceptors (Lipinski definition) is 3. The summed E-state index contributed by atoms with van der Waals surface area (Å²) in [6.07, 6.45) is 3.11. The number of amides is 1. The molecule has 0 N–H and O–H groups in total. The fourth-order valence-electron chi connectivity index (χ4n) is 2.33. The van der Waals surface area contributed by atoms with Crippen molar-refractivity contribution in [3.8, 4) is 0 Å². The van der Waals surface area contributed by atoms with Crippen molar-refractivity contribution in [3.05, 3.63) is 46.9 Å². The molecule has 0 radical (unpaired) electrons. The van der Waals surface area contributed by atoms with Crippen LogP contribution in [0.4, 0.5) is 5.69 Å². The lowest BCUT2D eigenvalue weighted by Crippen LogP contribution is -2.26. The highest BCUT2D eigenvalue weighted by molar-refractivity contribution is 7.09. The number of hydrogen-bond donors (Lipinski definition) is 0. The highest BCUT2D eigenvalue weighted by atomic mass is 32.1. The summed E-state index contributed by atoms with van der Waals surface area (Å²) in [7, 11) is 3.78. The van der Waals surface area contributed by atoms with Crippen molar-refractivity contribution in [3.63, 3.8) is 0 Å². The van der Waals surface area contributed by atoms with Gasteiger partial charge in [-0.2, -0.15) is 0 Å². The van der Waals surface area contributed by atoms with E-state index < -0.39 is 0 Å². The lowest BCUT2D eigenvalue weighted by Gasteiger charge is -2.17. The molecule has 0 saturated carbocycles. The number of carbonyl (C=O) groups is 1. The Bertz CT molecular complexity index is 761. The first-order chi connectivity index (χ1) is 10.1. The maximum Gasteiger partial charge on any atom is 0.227 e. The van der Waals surface area contributed by atoms with Crippen molar-refractivity contribution in [2.45, 2.75) is 12.8 Å². The third-order valence-electron chi connectivity index (χ3n) is 3.64. The normalized spacial score (nSPS) is 11.0. The van der Waals surface area contributed by atoms with Gasteiger partial charge < -0.3 is 9.47 Å². The molecule has 0 spiro atoms. The van der Waals surface area contributed by atoms with Crippen molar-refractivity contribution in [2.24, 2.45) is 7.05 Å². The molecule has 0 saturated heterocycles. The fraction of sp³-hybridized carbons (Fsp3) is 0.250. The second kappa shape index (κ2) is 5.69. The molecule has 1 aromatic carbocycles. The minimum absolute atomic E-state index is 0.124. The van der Waals surface area contributed by atoms with Crippen LogP contribution in [0.1, 0.15) is 11.3 Å². The molecule has 0 unspecified atom stereocenters. The van der Waals surface area contributed by atoms with Gasteiger partial charge in [-0.15, -0.1) is 11.3 Å². The average Bonchev–Trinajstić information content (AvgIpc) is 3.14. The molecule has 5 heteroatoms. The van der Waals surface area contributed by atoms with Crippen LogP contribution in [0.5, 0.6) is 0 Å². The lowest BCUT2D eigenvalue weighted by molar-refractivity contribution is -0.118. The monoisotopic (exact) mass is 299 g/mol. The highest BCUT2D eigenvalue weighted by Gasteiger charge is 2.12. The zero-order valence-corrected chi connectivity index (χ0v) is 12.9. The smallest absolute Gasteiger partial charge is 0.227 e. The Balaban J connectivity index is 1.73. The van der Waals surface area contributed by atoms with Gasteiger partial charge in [0.2, 0.25) is 5.91 Å². The number of aromatic nitrogens is 2. The van der Waals surface area contributed by atoms with Gasteiger partial charge in [0.05, 0.1) is 17.4 Å². The van der Waals surface area contributed by atoms with Gasteiger partial charge in [0.15, 0.2) is 0 Å². The predicted molar refractivity (Wildman–Crippen MR) is 86.8 cm³/mol. The second-order valence-corrected chi connectivity index (χ2v) is 6.09. The first kappa shape index (κ1) is 13.8. The molecular formula is C16H17N3OS. The van der Waals surface area contributed by atoms with Crippen LogP contribution >= 0.6 is 11.3 Å². The number of anilines is 1. The van der Waals surface area contributed by atoms with Crippen LogP contribution in [-0.2, 0) is 18.3 Å². The summed E-state index contributed by atoms with van der Waals surface area (Å²) in [6.45, 7) is 0. The Morgan fingerprint density at radius 1 is 1.38 bits per heavy atom. The number of thiophene rings is 1. The van der Waals surface area contributed by atoms with Gasteiger partial charge in [0, 0.05) is 31.1 Å². The van der Waals surface area contributed by atoms with Crippen LogP contribution < -0.4 is 4.90 Å². The molecule has 21 heavy (non-hydrogen) atoms. The summed E-state index contributed by atoms with van der Waals surface area (Å²) in [5.41, 5.74) is 2.86. The molecule has 3 rings (SSSR count). The summed E-state index contributed by atoms with van der Waals surface area (Å²) >= 11 is 1.69. The average molecular weight is 299 g/mol. The van der Waals surface area contributed by atoms with Crippen molar-refractivity contribution in [1.29, 1.82) is 0 Å². The third-order valence-corrected chi connectivity index (χ3v) is 4.57. The molecule has 3 aromatic rings. The van der Waals surface area contributed by atoms with Gasteiger partial charge in [-0.05, 0) is 36.1 Å². The third kappa shape index (κ3) is 2.83. The summed E-state index contributed by atoms with van der Waals surface area (Å²) in [5.74, 6) is 0.124. The Morgan fingerprint density at radius 2 is 2.24 bits per heavy atom. The molecule has 0 fully saturated rings. The number of benzene rings is 1. The molecule has 0 aliphatic rings. The van der Waals surface area contributed by atoms with Crippen molar-refractivity contribution < 1.29 is 4.79 Å². The van der Waals surface area contributed by atoms with Crippen LogP contribution in [0.2, 0.25) is 0 Å². The Kier molecular flexibility index (Phi) is 3.75. The van der Waals surface area contributed by atoms with Crippen LogP contribution in [-0.4, -0.2) is 22.5 Å². The molecule has 108 valence electrons. The van der Waals surface area contributed by atoms with E-state index in [2.05, 4.69) is 11.1 Å². The van der Waals surface area contributed by atoms with Gasteiger partial charge in [-0.3, -0.25) is 4.79 Å². The van der Waals surface area contributed by atoms with E-state index in [0.717, 1.165) is 23.1 Å². The first-order valence-corrected chi connectivity index (χ1v) is 7.73. The number of fused-ring (bicyclic) bond motifs is 1. The summed E-state index contributed by atoms with van der Waals surface area (Å²) < 4.78 is 1.97. The molecule has 4 nitrogen and oxygen atoms in total. The Morgan fingerprint density at radius 3 is 3.00 bits per heavy atom. The number of imidazole rings is 1. The first-order valence-electron chi connectivity index (χ1n) is 6.85. The Hall–Kier alpha value is -2.14. The molecular weight excluding hydrogens is 282 g/mol. The van der Waals surface area contributed by atoms with Crippen molar-refractivity contribution >= 4 is 34.0 Å². The molecule has 0 aliphatic carbocycles. The van der Waals surface area contributed by atoms with E-state index >= 15 is 0 Å². The summed E-state index contributed by atoms with van der Waals surface area (Å²) in [4.78, 5) is 19.6. The SMILES string of the molecule is CN(C(=O)CCc1cccs1)c1ccc2c(c1)ncn2C. The van der Waals surface area contributed by atoms with E-state index in [-0.39, 0.29) is 5.91 Å². The summed E-state index contributed by atoms with van der Waals surface area (Å²) in [6, 6.07) is 10.0. The van der Waals surface area contributed by atoms with Crippen molar-refractivity contribution in [2.75, 3.05) is 11.9 Å². The van der Waals surface area contributed by atoms with Gasteiger partial charge in [-0.25, -0.2) is 4.98 Å². The van der Waals surface area contributed by atoms with Crippen LogP contribution in [0, 0.1) is 0 Å². The maximum atomic E-state index is 12.3. The molecule has 0 atom stereocenters. The standard InChI is InChI=1S/C16H17N3OS/c1-18-11-17-14-10-12(5-7-15(14)18)19(2)16(20)8-6-13-4-3-9-21-13/h3-5,7,9-11H,6,8H2,1-2H3. The largest absolute Gasteiger partial charge is 0.334 e. The van der Waals surface area contributed by atoms with E-state index in [1.807, 2.05) is 48.3 Å². The van der Waals surface area contributed by atoms with Crippen LogP contribution in [0.15, 0.2) is 42.0 Å². The Labute approximate surface area is 127 Å². The van der Waals surface area contributed by atoms with E-state index in [4.69, 9.17) is 0 Å². The quantitative estimate of drug-likeness (QED) is 0.742. The van der Waals surface area contributed by atoms with Crippen molar-refractivity contribution in [1.82, 2.24) is 9.55 Å². The predicted octanol–water partition coefficient (Wildman–Crippen LogP) is 3.23.